The topological polar surface area (TPSA) is 68.2 Å². The molecule has 154 valence electrons. The SMILES string of the molecule is C=CCOC(=O)C1=C(C)N=C2SCCC(=O)N2C1c1ccc(OCC(C)C)cc1. The summed E-state index contributed by atoms with van der Waals surface area (Å²) in [6.07, 6.45) is 1.92. The van der Waals surface area contributed by atoms with Crippen LogP contribution in [0, 0.1) is 5.92 Å². The molecule has 1 unspecified atom stereocenters. The Morgan fingerprint density at radius 1 is 1.38 bits per heavy atom. The van der Waals surface area contributed by atoms with E-state index in [4.69, 9.17) is 9.47 Å². The number of hydrogen-bond acceptors (Lipinski definition) is 6. The highest BCUT2D eigenvalue weighted by Crippen LogP contribution is 2.40. The van der Waals surface area contributed by atoms with Gasteiger partial charge in [-0.2, -0.15) is 0 Å². The molecule has 2 aliphatic rings. The Kier molecular flexibility index (Phi) is 6.79. The van der Waals surface area contributed by atoms with Gasteiger partial charge in [-0.15, -0.1) is 0 Å². The number of amides is 1. The Balaban J connectivity index is 1.98. The average molecular weight is 415 g/mol. The number of allylic oxidation sites excluding steroid dienone is 1. The predicted molar refractivity (Wildman–Crippen MR) is 115 cm³/mol. The summed E-state index contributed by atoms with van der Waals surface area (Å²) in [4.78, 5) is 31.7. The number of hydrogen-bond donors (Lipinski definition) is 0. The normalized spacial score (nSPS) is 19.0. The number of rotatable bonds is 7. The van der Waals surface area contributed by atoms with Gasteiger partial charge in [0.1, 0.15) is 12.4 Å². The third-order valence-electron chi connectivity index (χ3n) is 4.54. The number of aliphatic imine (C=N–C) groups is 1. The van der Waals surface area contributed by atoms with Gasteiger partial charge in [0.2, 0.25) is 5.91 Å². The van der Waals surface area contributed by atoms with Crippen LogP contribution in [0.2, 0.25) is 0 Å². The Bertz CT molecular complexity index is 858. The van der Waals surface area contributed by atoms with Gasteiger partial charge in [0.05, 0.1) is 23.9 Å². The van der Waals surface area contributed by atoms with Gasteiger partial charge in [-0.25, -0.2) is 9.79 Å². The fraction of sp³-hybridized carbons (Fsp3) is 0.409. The number of carbonyl (C=O) groups is 2. The first-order valence-corrected chi connectivity index (χ1v) is 10.7. The van der Waals surface area contributed by atoms with Gasteiger partial charge >= 0.3 is 5.97 Å². The molecule has 0 aromatic heterocycles. The molecule has 1 saturated heterocycles. The minimum atomic E-state index is -0.570. The molecule has 2 heterocycles. The number of thioether (sulfide) groups is 1. The van der Waals surface area contributed by atoms with Crippen LogP contribution in [0.15, 0.2) is 53.2 Å². The van der Waals surface area contributed by atoms with Crippen LogP contribution < -0.4 is 4.74 Å². The van der Waals surface area contributed by atoms with Crippen molar-refractivity contribution in [3.63, 3.8) is 0 Å². The minimum Gasteiger partial charge on any atom is -0.493 e. The summed E-state index contributed by atoms with van der Waals surface area (Å²) in [5, 5.41) is 0.629. The molecule has 1 amide bonds. The lowest BCUT2D eigenvalue weighted by Gasteiger charge is -2.38. The highest BCUT2D eigenvalue weighted by molar-refractivity contribution is 8.14. The predicted octanol–water partition coefficient (Wildman–Crippen LogP) is 4.10. The van der Waals surface area contributed by atoms with Crippen molar-refractivity contribution in [2.45, 2.75) is 33.2 Å². The van der Waals surface area contributed by atoms with E-state index in [0.29, 0.717) is 41.1 Å². The van der Waals surface area contributed by atoms with Crippen LogP contribution >= 0.6 is 11.8 Å². The molecule has 0 spiro atoms. The number of carbonyl (C=O) groups excluding carboxylic acids is 2. The lowest BCUT2D eigenvalue weighted by molar-refractivity contribution is -0.139. The van der Waals surface area contributed by atoms with Crippen molar-refractivity contribution in [3.8, 4) is 5.75 Å². The second kappa shape index (κ2) is 9.31. The van der Waals surface area contributed by atoms with Crippen LogP contribution in [-0.2, 0) is 14.3 Å². The van der Waals surface area contributed by atoms with Crippen molar-refractivity contribution < 1.29 is 19.1 Å². The summed E-state index contributed by atoms with van der Waals surface area (Å²) in [6.45, 7) is 10.3. The molecule has 1 fully saturated rings. The van der Waals surface area contributed by atoms with Crippen molar-refractivity contribution >= 4 is 28.8 Å². The molecule has 7 heteroatoms. The zero-order chi connectivity index (χ0) is 21.0. The van der Waals surface area contributed by atoms with E-state index in [-0.39, 0.29) is 12.5 Å². The number of benzene rings is 1. The van der Waals surface area contributed by atoms with E-state index in [2.05, 4.69) is 25.4 Å². The third-order valence-corrected chi connectivity index (χ3v) is 5.49. The summed E-state index contributed by atoms with van der Waals surface area (Å²) in [6, 6.07) is 6.95. The third kappa shape index (κ3) is 4.72. The van der Waals surface area contributed by atoms with Crippen LogP contribution in [0.1, 0.15) is 38.8 Å². The van der Waals surface area contributed by atoms with Crippen LogP contribution in [0.3, 0.4) is 0 Å². The second-order valence-electron chi connectivity index (χ2n) is 7.32. The van der Waals surface area contributed by atoms with Crippen molar-refractivity contribution in [2.24, 2.45) is 10.9 Å². The van der Waals surface area contributed by atoms with E-state index in [0.717, 1.165) is 11.3 Å². The van der Waals surface area contributed by atoms with E-state index in [1.165, 1.54) is 17.8 Å². The van der Waals surface area contributed by atoms with E-state index >= 15 is 0 Å². The molecule has 6 nitrogen and oxygen atoms in total. The van der Waals surface area contributed by atoms with Gasteiger partial charge in [-0.05, 0) is 30.5 Å². The number of nitrogens with zero attached hydrogens (tertiary/aromatic N) is 2. The minimum absolute atomic E-state index is 0.0471. The maximum Gasteiger partial charge on any atom is 0.338 e. The molecule has 0 N–H and O–H groups in total. The summed E-state index contributed by atoms with van der Waals surface area (Å²) in [5.74, 6) is 1.33. The van der Waals surface area contributed by atoms with E-state index in [1.807, 2.05) is 24.3 Å². The molecule has 0 aliphatic carbocycles. The molecule has 1 atom stereocenters. The van der Waals surface area contributed by atoms with Crippen LogP contribution in [0.5, 0.6) is 5.75 Å². The standard InChI is InChI=1S/C22H26N2O4S/c1-5-11-27-21(26)19-15(4)23-22-24(18(25)10-12-29-22)20(19)16-6-8-17(9-7-16)28-13-14(2)3/h5-9,14,20H,1,10-13H2,2-4H3. The van der Waals surface area contributed by atoms with E-state index in [9.17, 15) is 9.59 Å². The molecule has 0 radical (unpaired) electrons. The first kappa shape index (κ1) is 21.2. The van der Waals surface area contributed by atoms with Gasteiger partial charge in [0.15, 0.2) is 5.17 Å². The molecular weight excluding hydrogens is 388 g/mol. The monoisotopic (exact) mass is 414 g/mol. The van der Waals surface area contributed by atoms with Crippen molar-refractivity contribution in [2.75, 3.05) is 19.0 Å². The van der Waals surface area contributed by atoms with E-state index in [1.54, 1.807) is 11.8 Å². The highest BCUT2D eigenvalue weighted by atomic mass is 32.2. The van der Waals surface area contributed by atoms with Gasteiger partial charge in [-0.3, -0.25) is 9.69 Å². The molecule has 0 bridgehead atoms. The summed E-state index contributed by atoms with van der Waals surface area (Å²) >= 11 is 1.53. The van der Waals surface area contributed by atoms with Gasteiger partial charge in [-0.1, -0.05) is 50.4 Å². The zero-order valence-corrected chi connectivity index (χ0v) is 17.8. The maximum atomic E-state index is 12.8. The molecule has 2 aliphatic heterocycles. The first-order valence-electron chi connectivity index (χ1n) is 9.67. The molecule has 0 saturated carbocycles. The molecule has 1 aromatic carbocycles. The second-order valence-corrected chi connectivity index (χ2v) is 8.38. The Hall–Kier alpha value is -2.54. The zero-order valence-electron chi connectivity index (χ0n) is 17.0. The van der Waals surface area contributed by atoms with Crippen LogP contribution in [0.25, 0.3) is 0 Å². The van der Waals surface area contributed by atoms with Crippen LogP contribution in [-0.4, -0.2) is 40.9 Å². The lowest BCUT2D eigenvalue weighted by atomic mass is 9.94. The Morgan fingerprint density at radius 2 is 2.10 bits per heavy atom. The summed E-state index contributed by atoms with van der Waals surface area (Å²) in [7, 11) is 0. The Labute approximate surface area is 175 Å². The quantitative estimate of drug-likeness (QED) is 0.496. The summed E-state index contributed by atoms with van der Waals surface area (Å²) in [5.41, 5.74) is 1.76. The number of amidine groups is 1. The van der Waals surface area contributed by atoms with E-state index < -0.39 is 12.0 Å². The molecule has 3 rings (SSSR count). The maximum absolute atomic E-state index is 12.8. The van der Waals surface area contributed by atoms with Gasteiger partial charge in [0, 0.05) is 12.2 Å². The first-order chi connectivity index (χ1) is 13.9. The largest absolute Gasteiger partial charge is 0.493 e. The lowest BCUT2D eigenvalue weighted by Crippen LogP contribution is -2.45. The number of fused-ring (bicyclic) bond motifs is 1. The number of esters is 1. The highest BCUT2D eigenvalue weighted by Gasteiger charge is 2.41. The number of ether oxygens (including phenoxy) is 2. The Morgan fingerprint density at radius 3 is 2.76 bits per heavy atom. The molecular formula is C22H26N2O4S. The molecule has 29 heavy (non-hydrogen) atoms. The molecule has 1 aromatic rings. The van der Waals surface area contributed by atoms with Gasteiger partial charge in [0.25, 0.3) is 0 Å². The van der Waals surface area contributed by atoms with Crippen LogP contribution in [0.4, 0.5) is 0 Å². The fourth-order valence-corrected chi connectivity index (χ4v) is 4.20. The van der Waals surface area contributed by atoms with Gasteiger partial charge < -0.3 is 9.47 Å². The fourth-order valence-electron chi connectivity index (χ4n) is 3.19. The average Bonchev–Trinajstić information content (AvgIpc) is 2.70. The smallest absolute Gasteiger partial charge is 0.338 e. The van der Waals surface area contributed by atoms with Crippen molar-refractivity contribution in [1.29, 1.82) is 0 Å². The summed E-state index contributed by atoms with van der Waals surface area (Å²) < 4.78 is 11.1. The van der Waals surface area contributed by atoms with Crippen molar-refractivity contribution in [3.05, 3.63) is 53.8 Å². The van der Waals surface area contributed by atoms with Crippen molar-refractivity contribution in [1.82, 2.24) is 4.90 Å².